The maximum Gasteiger partial charge on any atom is 0.335 e. The molecule has 4 heteroatoms. The lowest BCUT2D eigenvalue weighted by atomic mass is 10.1. The monoisotopic (exact) mass is 235 g/mol. The second-order valence-electron chi connectivity index (χ2n) is 5.25. The molecule has 1 aliphatic heterocycles. The Bertz CT molecular complexity index is 448. The van der Waals surface area contributed by atoms with Gasteiger partial charge in [0.25, 0.3) is 0 Å². The number of β-amino-alcohol motifs (C(OH)–C–C–N with tert-alkyl or cyclic N) is 1. The Balaban J connectivity index is 2.14. The molecule has 1 aromatic rings. The summed E-state index contributed by atoms with van der Waals surface area (Å²) < 4.78 is 0. The van der Waals surface area contributed by atoms with E-state index in [0.29, 0.717) is 18.7 Å². The van der Waals surface area contributed by atoms with E-state index >= 15 is 0 Å². The van der Waals surface area contributed by atoms with Crippen molar-refractivity contribution in [3.8, 4) is 0 Å². The molecule has 2 rings (SSSR count). The van der Waals surface area contributed by atoms with Crippen molar-refractivity contribution in [2.24, 2.45) is 0 Å². The third-order valence-corrected chi connectivity index (χ3v) is 2.85. The number of carboxylic acid groups (broad SMARTS) is 1. The van der Waals surface area contributed by atoms with Gasteiger partial charge < -0.3 is 10.2 Å². The third kappa shape index (κ3) is 2.84. The fraction of sp³-hybridized carbons (Fsp3) is 0.462. The van der Waals surface area contributed by atoms with Gasteiger partial charge in [0.15, 0.2) is 0 Å². The number of aliphatic hydroxyl groups is 1. The number of benzene rings is 1. The normalized spacial score (nSPS) is 15.9. The van der Waals surface area contributed by atoms with Crippen LogP contribution in [0.25, 0.3) is 0 Å². The van der Waals surface area contributed by atoms with Crippen molar-refractivity contribution in [2.45, 2.75) is 32.5 Å². The molecule has 0 saturated carbocycles. The van der Waals surface area contributed by atoms with E-state index in [1.54, 1.807) is 26.0 Å². The molecule has 0 spiro atoms. The van der Waals surface area contributed by atoms with Crippen molar-refractivity contribution in [2.75, 3.05) is 6.54 Å². The SMILES string of the molecule is CC(C)(O)CN1Cc2ccc(C(=O)O)cc2C1. The van der Waals surface area contributed by atoms with Gasteiger partial charge in [-0.2, -0.15) is 0 Å². The second kappa shape index (κ2) is 4.13. The molecular weight excluding hydrogens is 218 g/mol. The molecule has 0 aliphatic carbocycles. The van der Waals surface area contributed by atoms with Gasteiger partial charge in [0, 0.05) is 19.6 Å². The summed E-state index contributed by atoms with van der Waals surface area (Å²) in [5.41, 5.74) is 1.81. The Labute approximate surface area is 100 Å². The second-order valence-corrected chi connectivity index (χ2v) is 5.25. The van der Waals surface area contributed by atoms with Crippen molar-refractivity contribution in [1.29, 1.82) is 0 Å². The first-order valence-electron chi connectivity index (χ1n) is 5.65. The summed E-state index contributed by atoms with van der Waals surface area (Å²) in [6.07, 6.45) is 0. The minimum Gasteiger partial charge on any atom is -0.478 e. The first kappa shape index (κ1) is 12.1. The lowest BCUT2D eigenvalue weighted by Crippen LogP contribution is -2.35. The molecule has 0 amide bonds. The standard InChI is InChI=1S/C13H17NO3/c1-13(2,17)8-14-6-10-4-3-9(12(15)16)5-11(10)7-14/h3-5,17H,6-8H2,1-2H3,(H,15,16). The minimum absolute atomic E-state index is 0.328. The summed E-state index contributed by atoms with van der Waals surface area (Å²) in [6.45, 7) is 5.63. The Kier molecular flexibility index (Phi) is 2.93. The summed E-state index contributed by atoms with van der Waals surface area (Å²) in [5.74, 6) is -0.895. The molecule has 1 heterocycles. The highest BCUT2D eigenvalue weighted by molar-refractivity contribution is 5.87. The largest absolute Gasteiger partial charge is 0.478 e. The Morgan fingerprint density at radius 3 is 2.59 bits per heavy atom. The van der Waals surface area contributed by atoms with Gasteiger partial charge >= 0.3 is 5.97 Å². The minimum atomic E-state index is -0.895. The van der Waals surface area contributed by atoms with Gasteiger partial charge in [0.2, 0.25) is 0 Å². The lowest BCUT2D eigenvalue weighted by molar-refractivity contribution is 0.0350. The van der Waals surface area contributed by atoms with Crippen LogP contribution in [0.2, 0.25) is 0 Å². The van der Waals surface area contributed by atoms with Gasteiger partial charge in [-0.15, -0.1) is 0 Å². The van der Waals surface area contributed by atoms with Crippen molar-refractivity contribution in [3.05, 3.63) is 34.9 Å². The van der Waals surface area contributed by atoms with Crippen LogP contribution in [0.5, 0.6) is 0 Å². The molecule has 1 aliphatic rings. The average Bonchev–Trinajstić information content (AvgIpc) is 2.54. The molecule has 0 fully saturated rings. The van der Waals surface area contributed by atoms with E-state index in [0.717, 1.165) is 17.7 Å². The molecular formula is C13H17NO3. The fourth-order valence-corrected chi connectivity index (χ4v) is 2.26. The van der Waals surface area contributed by atoms with E-state index in [9.17, 15) is 9.90 Å². The molecule has 0 aromatic heterocycles. The zero-order valence-electron chi connectivity index (χ0n) is 10.1. The highest BCUT2D eigenvalue weighted by atomic mass is 16.4. The van der Waals surface area contributed by atoms with Gasteiger partial charge in [-0.05, 0) is 37.1 Å². The molecule has 92 valence electrons. The van der Waals surface area contributed by atoms with Crippen LogP contribution >= 0.6 is 0 Å². The molecule has 4 nitrogen and oxygen atoms in total. The number of rotatable bonds is 3. The van der Waals surface area contributed by atoms with Crippen LogP contribution in [-0.2, 0) is 13.1 Å². The predicted octanol–water partition coefficient (Wildman–Crippen LogP) is 1.47. The van der Waals surface area contributed by atoms with E-state index in [-0.39, 0.29) is 0 Å². The van der Waals surface area contributed by atoms with Crippen LogP contribution < -0.4 is 0 Å². The molecule has 0 atom stereocenters. The molecule has 2 N–H and O–H groups in total. The van der Waals surface area contributed by atoms with Gasteiger partial charge in [-0.3, -0.25) is 4.90 Å². The van der Waals surface area contributed by atoms with Gasteiger partial charge in [-0.25, -0.2) is 4.79 Å². The Morgan fingerprint density at radius 1 is 1.35 bits per heavy atom. The molecule has 0 saturated heterocycles. The van der Waals surface area contributed by atoms with E-state index in [2.05, 4.69) is 4.90 Å². The smallest absolute Gasteiger partial charge is 0.335 e. The number of hydrogen-bond acceptors (Lipinski definition) is 3. The first-order chi connectivity index (χ1) is 7.85. The zero-order valence-corrected chi connectivity index (χ0v) is 10.1. The number of nitrogens with zero attached hydrogens (tertiary/aromatic N) is 1. The molecule has 0 radical (unpaired) electrons. The highest BCUT2D eigenvalue weighted by Crippen LogP contribution is 2.25. The average molecular weight is 235 g/mol. The van der Waals surface area contributed by atoms with Gasteiger partial charge in [0.05, 0.1) is 11.2 Å². The number of carboxylic acids is 1. The van der Waals surface area contributed by atoms with Crippen LogP contribution in [-0.4, -0.2) is 33.2 Å². The highest BCUT2D eigenvalue weighted by Gasteiger charge is 2.24. The van der Waals surface area contributed by atoms with Crippen LogP contribution in [0.4, 0.5) is 0 Å². The van der Waals surface area contributed by atoms with Crippen molar-refractivity contribution in [1.82, 2.24) is 4.90 Å². The third-order valence-electron chi connectivity index (χ3n) is 2.85. The van der Waals surface area contributed by atoms with Crippen LogP contribution in [0.1, 0.15) is 35.3 Å². The number of aromatic carboxylic acids is 1. The summed E-state index contributed by atoms with van der Waals surface area (Å²) >= 11 is 0. The molecule has 0 bridgehead atoms. The fourth-order valence-electron chi connectivity index (χ4n) is 2.26. The van der Waals surface area contributed by atoms with E-state index in [1.165, 1.54) is 0 Å². The zero-order chi connectivity index (χ0) is 12.6. The van der Waals surface area contributed by atoms with Crippen LogP contribution in [0.15, 0.2) is 18.2 Å². The number of hydrogen-bond donors (Lipinski definition) is 2. The number of fused-ring (bicyclic) bond motifs is 1. The molecule has 0 unspecified atom stereocenters. The van der Waals surface area contributed by atoms with Gasteiger partial charge in [0.1, 0.15) is 0 Å². The summed E-state index contributed by atoms with van der Waals surface area (Å²) in [7, 11) is 0. The van der Waals surface area contributed by atoms with Crippen molar-refractivity contribution in [3.63, 3.8) is 0 Å². The molecule has 1 aromatic carbocycles. The van der Waals surface area contributed by atoms with Gasteiger partial charge in [-0.1, -0.05) is 6.07 Å². The first-order valence-corrected chi connectivity index (χ1v) is 5.65. The summed E-state index contributed by atoms with van der Waals surface area (Å²) in [6, 6.07) is 5.22. The van der Waals surface area contributed by atoms with E-state index in [1.807, 2.05) is 6.07 Å². The summed E-state index contributed by atoms with van der Waals surface area (Å²) in [5, 5.41) is 18.7. The van der Waals surface area contributed by atoms with Crippen LogP contribution in [0.3, 0.4) is 0 Å². The quantitative estimate of drug-likeness (QED) is 0.833. The Morgan fingerprint density at radius 2 is 2.00 bits per heavy atom. The lowest BCUT2D eigenvalue weighted by Gasteiger charge is -2.24. The topological polar surface area (TPSA) is 60.8 Å². The van der Waals surface area contributed by atoms with Crippen molar-refractivity contribution >= 4 is 5.97 Å². The number of carbonyl (C=O) groups is 1. The predicted molar refractivity (Wildman–Crippen MR) is 63.8 cm³/mol. The maximum atomic E-state index is 10.9. The van der Waals surface area contributed by atoms with E-state index in [4.69, 9.17) is 5.11 Å². The van der Waals surface area contributed by atoms with E-state index < -0.39 is 11.6 Å². The maximum absolute atomic E-state index is 10.9. The summed E-state index contributed by atoms with van der Waals surface area (Å²) in [4.78, 5) is 13.0. The molecule has 17 heavy (non-hydrogen) atoms. The van der Waals surface area contributed by atoms with Crippen LogP contribution in [0, 0.1) is 0 Å². The Hall–Kier alpha value is -1.39. The van der Waals surface area contributed by atoms with Crippen molar-refractivity contribution < 1.29 is 15.0 Å².